The van der Waals surface area contributed by atoms with Crippen LogP contribution in [0.2, 0.25) is 0 Å². The zero-order chi connectivity index (χ0) is 14.1. The maximum atomic E-state index is 12.4. The van der Waals surface area contributed by atoms with Gasteiger partial charge in [-0.25, -0.2) is 0 Å². The largest absolute Gasteiger partial charge is 0.360 e. The van der Waals surface area contributed by atoms with E-state index < -0.39 is 0 Å². The van der Waals surface area contributed by atoms with Gasteiger partial charge in [-0.1, -0.05) is 24.3 Å². The van der Waals surface area contributed by atoms with E-state index in [1.165, 1.54) is 0 Å². The summed E-state index contributed by atoms with van der Waals surface area (Å²) in [5, 5.41) is 3.83. The Morgan fingerprint density at radius 2 is 1.70 bits per heavy atom. The lowest BCUT2D eigenvalue weighted by atomic mass is 10.1. The van der Waals surface area contributed by atoms with E-state index in [1.807, 2.05) is 42.5 Å². The van der Waals surface area contributed by atoms with Crippen LogP contribution in [0.3, 0.4) is 0 Å². The average Bonchev–Trinajstić information content (AvgIpc) is 2.87. The molecule has 0 unspecified atom stereocenters. The second-order valence-corrected chi connectivity index (χ2v) is 6.01. The van der Waals surface area contributed by atoms with Gasteiger partial charge in [0.25, 0.3) is 5.91 Å². The molecule has 5 heteroatoms. The summed E-state index contributed by atoms with van der Waals surface area (Å²) >= 11 is 6.87. The van der Waals surface area contributed by atoms with Crippen molar-refractivity contribution in [2.45, 2.75) is 0 Å². The molecule has 1 aromatic heterocycles. The fourth-order valence-electron chi connectivity index (χ4n) is 2.06. The first-order valence-electron chi connectivity index (χ1n) is 5.98. The molecule has 2 N–H and O–H groups in total. The van der Waals surface area contributed by atoms with E-state index in [0.29, 0.717) is 5.56 Å². The normalized spacial score (nSPS) is 10.7. The summed E-state index contributed by atoms with van der Waals surface area (Å²) in [5.74, 6) is -0.143. The molecule has 0 spiro atoms. The predicted molar refractivity (Wildman–Crippen MR) is 88.1 cm³/mol. The van der Waals surface area contributed by atoms with Gasteiger partial charge in [-0.2, -0.15) is 0 Å². The highest BCUT2D eigenvalue weighted by molar-refractivity contribution is 9.11. The smallest absolute Gasteiger partial charge is 0.257 e. The molecule has 20 heavy (non-hydrogen) atoms. The lowest BCUT2D eigenvalue weighted by molar-refractivity contribution is 0.102. The van der Waals surface area contributed by atoms with Crippen LogP contribution >= 0.6 is 31.9 Å². The van der Waals surface area contributed by atoms with E-state index in [4.69, 9.17) is 0 Å². The SMILES string of the molecule is O=C(Nc1c(Br)cccc1Br)c1c[nH]c2ccccc12. The third-order valence-corrected chi connectivity index (χ3v) is 4.36. The number of halogens is 2. The Hall–Kier alpha value is -1.59. The summed E-state index contributed by atoms with van der Waals surface area (Å²) in [5.41, 5.74) is 2.30. The molecule has 0 atom stereocenters. The topological polar surface area (TPSA) is 44.9 Å². The number of hydrogen-bond donors (Lipinski definition) is 2. The van der Waals surface area contributed by atoms with Crippen LogP contribution in [0.25, 0.3) is 10.9 Å². The van der Waals surface area contributed by atoms with Crippen molar-refractivity contribution < 1.29 is 4.79 Å². The van der Waals surface area contributed by atoms with Crippen LogP contribution in [-0.2, 0) is 0 Å². The van der Waals surface area contributed by atoms with Gasteiger partial charge in [0, 0.05) is 26.0 Å². The molecule has 2 aromatic carbocycles. The van der Waals surface area contributed by atoms with Gasteiger partial charge >= 0.3 is 0 Å². The molecule has 1 heterocycles. The summed E-state index contributed by atoms with van der Waals surface area (Å²) in [4.78, 5) is 15.5. The molecule has 0 aliphatic rings. The molecule has 0 saturated heterocycles. The Kier molecular flexibility index (Phi) is 3.63. The third-order valence-electron chi connectivity index (χ3n) is 3.04. The van der Waals surface area contributed by atoms with E-state index in [-0.39, 0.29) is 5.91 Å². The van der Waals surface area contributed by atoms with Gasteiger partial charge in [0.15, 0.2) is 0 Å². The molecular weight excluding hydrogens is 384 g/mol. The molecule has 3 aromatic rings. The molecule has 0 bridgehead atoms. The Balaban J connectivity index is 1.98. The van der Waals surface area contributed by atoms with Gasteiger partial charge in [0.05, 0.1) is 11.3 Å². The molecule has 0 aliphatic heterocycles. The van der Waals surface area contributed by atoms with Crippen molar-refractivity contribution in [2.75, 3.05) is 5.32 Å². The molecular formula is C15H10Br2N2O. The molecule has 3 rings (SSSR count). The summed E-state index contributed by atoms with van der Waals surface area (Å²) in [6, 6.07) is 13.4. The van der Waals surface area contributed by atoms with Gasteiger partial charge in [-0.3, -0.25) is 4.79 Å². The van der Waals surface area contributed by atoms with Crippen LogP contribution in [0.4, 0.5) is 5.69 Å². The second kappa shape index (κ2) is 5.42. The number of fused-ring (bicyclic) bond motifs is 1. The van der Waals surface area contributed by atoms with Crippen LogP contribution in [0.5, 0.6) is 0 Å². The van der Waals surface area contributed by atoms with Gasteiger partial charge in [-0.15, -0.1) is 0 Å². The van der Waals surface area contributed by atoms with Crippen LogP contribution in [0.15, 0.2) is 57.6 Å². The predicted octanol–water partition coefficient (Wildman–Crippen LogP) is 4.95. The second-order valence-electron chi connectivity index (χ2n) is 4.30. The van der Waals surface area contributed by atoms with Gasteiger partial charge in [0.1, 0.15) is 0 Å². The van der Waals surface area contributed by atoms with E-state index in [2.05, 4.69) is 42.2 Å². The highest BCUT2D eigenvalue weighted by atomic mass is 79.9. The molecule has 0 radical (unpaired) electrons. The Morgan fingerprint density at radius 3 is 2.45 bits per heavy atom. The van der Waals surface area contributed by atoms with Gasteiger partial charge in [0.2, 0.25) is 0 Å². The number of carbonyl (C=O) groups excluding carboxylic acids is 1. The average molecular weight is 394 g/mol. The zero-order valence-corrected chi connectivity index (χ0v) is 13.5. The number of hydrogen-bond acceptors (Lipinski definition) is 1. The minimum atomic E-state index is -0.143. The monoisotopic (exact) mass is 392 g/mol. The number of amides is 1. The minimum Gasteiger partial charge on any atom is -0.360 e. The number of anilines is 1. The van der Waals surface area contributed by atoms with Crippen LogP contribution < -0.4 is 5.32 Å². The number of H-pyrrole nitrogens is 1. The number of aromatic amines is 1. The summed E-state index contributed by atoms with van der Waals surface area (Å²) in [6.45, 7) is 0. The molecule has 0 fully saturated rings. The number of rotatable bonds is 2. The Labute approximate surface area is 132 Å². The molecule has 0 aliphatic carbocycles. The number of aromatic nitrogens is 1. The van der Waals surface area contributed by atoms with Crippen molar-refractivity contribution in [3.05, 3.63) is 63.2 Å². The van der Waals surface area contributed by atoms with Crippen molar-refractivity contribution in [3.8, 4) is 0 Å². The first-order valence-corrected chi connectivity index (χ1v) is 7.57. The summed E-state index contributed by atoms with van der Waals surface area (Å²) in [7, 11) is 0. The number of nitrogens with one attached hydrogen (secondary N) is 2. The molecule has 100 valence electrons. The van der Waals surface area contributed by atoms with Crippen LogP contribution in [0.1, 0.15) is 10.4 Å². The van der Waals surface area contributed by atoms with E-state index in [9.17, 15) is 4.79 Å². The summed E-state index contributed by atoms with van der Waals surface area (Å²) < 4.78 is 1.67. The maximum absolute atomic E-state index is 12.4. The zero-order valence-electron chi connectivity index (χ0n) is 10.3. The first-order chi connectivity index (χ1) is 9.66. The van der Waals surface area contributed by atoms with Crippen molar-refractivity contribution in [1.82, 2.24) is 4.98 Å². The van der Waals surface area contributed by atoms with Gasteiger partial charge in [-0.05, 0) is 50.1 Å². The lowest BCUT2D eigenvalue weighted by Gasteiger charge is -2.08. The lowest BCUT2D eigenvalue weighted by Crippen LogP contribution is -2.12. The Bertz CT molecular complexity index is 775. The summed E-state index contributed by atoms with van der Waals surface area (Å²) in [6.07, 6.45) is 1.73. The fraction of sp³-hybridized carbons (Fsp3) is 0. The highest BCUT2D eigenvalue weighted by Crippen LogP contribution is 2.31. The van der Waals surface area contributed by atoms with Crippen molar-refractivity contribution in [3.63, 3.8) is 0 Å². The maximum Gasteiger partial charge on any atom is 0.257 e. The first kappa shape index (κ1) is 13.4. The van der Waals surface area contributed by atoms with Crippen LogP contribution in [0, 0.1) is 0 Å². The number of carbonyl (C=O) groups is 1. The molecule has 3 nitrogen and oxygen atoms in total. The molecule has 1 amide bonds. The quantitative estimate of drug-likeness (QED) is 0.635. The third kappa shape index (κ3) is 2.39. The standard InChI is InChI=1S/C15H10Br2N2O/c16-11-5-3-6-12(17)14(11)19-15(20)10-8-18-13-7-2-1-4-9(10)13/h1-8,18H,(H,19,20). The van der Waals surface area contributed by atoms with Gasteiger partial charge < -0.3 is 10.3 Å². The minimum absolute atomic E-state index is 0.143. The number of para-hydroxylation sites is 2. The van der Waals surface area contributed by atoms with E-state index in [0.717, 1.165) is 25.5 Å². The van der Waals surface area contributed by atoms with Crippen molar-refractivity contribution >= 4 is 54.4 Å². The van der Waals surface area contributed by atoms with Crippen molar-refractivity contribution in [2.24, 2.45) is 0 Å². The fourth-order valence-corrected chi connectivity index (χ4v) is 3.25. The van der Waals surface area contributed by atoms with Crippen molar-refractivity contribution in [1.29, 1.82) is 0 Å². The van der Waals surface area contributed by atoms with Crippen LogP contribution in [-0.4, -0.2) is 10.9 Å². The Morgan fingerprint density at radius 1 is 1.00 bits per heavy atom. The highest BCUT2D eigenvalue weighted by Gasteiger charge is 2.14. The number of benzene rings is 2. The van der Waals surface area contributed by atoms with E-state index >= 15 is 0 Å². The molecule has 0 saturated carbocycles. The van der Waals surface area contributed by atoms with E-state index in [1.54, 1.807) is 6.20 Å².